The van der Waals surface area contributed by atoms with Gasteiger partial charge in [-0.2, -0.15) is 0 Å². The van der Waals surface area contributed by atoms with Crippen LogP contribution in [-0.2, 0) is 4.79 Å². The molecular formula is C10H18N2O. The molecule has 2 fully saturated rings. The summed E-state index contributed by atoms with van der Waals surface area (Å²) in [6.45, 7) is 6.27. The maximum absolute atomic E-state index is 11.9. The fourth-order valence-electron chi connectivity index (χ4n) is 2.09. The second kappa shape index (κ2) is 2.98. The van der Waals surface area contributed by atoms with Gasteiger partial charge in [0.15, 0.2) is 0 Å². The zero-order valence-electron chi connectivity index (χ0n) is 8.58. The number of nitrogens with one attached hydrogen (secondary N) is 1. The summed E-state index contributed by atoms with van der Waals surface area (Å²) in [7, 11) is 0. The minimum atomic E-state index is 0.0515. The van der Waals surface area contributed by atoms with Crippen LogP contribution in [0.3, 0.4) is 0 Å². The van der Waals surface area contributed by atoms with Crippen molar-refractivity contribution in [3.63, 3.8) is 0 Å². The average molecular weight is 182 g/mol. The van der Waals surface area contributed by atoms with Gasteiger partial charge in [0, 0.05) is 6.04 Å². The Balaban J connectivity index is 2.09. The summed E-state index contributed by atoms with van der Waals surface area (Å²) in [6, 6.07) is 0.592. The minimum Gasteiger partial charge on any atom is -0.323 e. The van der Waals surface area contributed by atoms with Crippen molar-refractivity contribution in [2.45, 2.75) is 51.9 Å². The molecule has 1 aliphatic carbocycles. The Kier molecular flexibility index (Phi) is 2.06. The summed E-state index contributed by atoms with van der Waals surface area (Å²) in [5.41, 5.74) is 0. The predicted octanol–water partition coefficient (Wildman–Crippen LogP) is 0.951. The molecule has 1 heterocycles. The zero-order chi connectivity index (χ0) is 9.59. The maximum atomic E-state index is 11.9. The first-order chi connectivity index (χ1) is 6.11. The highest BCUT2D eigenvalue weighted by atomic mass is 16.2. The minimum absolute atomic E-state index is 0.0515. The van der Waals surface area contributed by atoms with Gasteiger partial charge in [0.05, 0.1) is 12.2 Å². The third-order valence-electron chi connectivity index (χ3n) is 2.97. The first kappa shape index (κ1) is 9.00. The molecule has 1 saturated heterocycles. The molecule has 2 unspecified atom stereocenters. The van der Waals surface area contributed by atoms with Crippen molar-refractivity contribution < 1.29 is 4.79 Å². The van der Waals surface area contributed by atoms with E-state index in [0.717, 1.165) is 0 Å². The number of rotatable bonds is 2. The van der Waals surface area contributed by atoms with Gasteiger partial charge < -0.3 is 4.90 Å². The van der Waals surface area contributed by atoms with Crippen molar-refractivity contribution in [3.8, 4) is 0 Å². The molecule has 2 aliphatic rings. The largest absolute Gasteiger partial charge is 0.323 e. The molecule has 1 N–H and O–H groups in total. The number of carbonyl (C=O) groups excluding carboxylic acids is 1. The van der Waals surface area contributed by atoms with E-state index in [1.807, 2.05) is 4.90 Å². The van der Waals surface area contributed by atoms with Crippen LogP contribution < -0.4 is 5.32 Å². The summed E-state index contributed by atoms with van der Waals surface area (Å²) >= 11 is 0. The standard InChI is InChI=1S/C10H18N2O/c1-6(2)9-10(13)12(7(3)11-9)8-4-5-8/h6-9,11H,4-5H2,1-3H3. The number of carbonyl (C=O) groups is 1. The van der Waals surface area contributed by atoms with E-state index in [4.69, 9.17) is 0 Å². The molecular weight excluding hydrogens is 164 g/mol. The van der Waals surface area contributed by atoms with Crippen LogP contribution in [0.4, 0.5) is 0 Å². The lowest BCUT2D eigenvalue weighted by molar-refractivity contribution is -0.131. The van der Waals surface area contributed by atoms with E-state index in [1.165, 1.54) is 12.8 Å². The summed E-state index contributed by atoms with van der Waals surface area (Å²) in [4.78, 5) is 13.9. The molecule has 0 spiro atoms. The monoisotopic (exact) mass is 182 g/mol. The molecule has 0 bridgehead atoms. The lowest BCUT2D eigenvalue weighted by atomic mass is 10.1. The molecule has 13 heavy (non-hydrogen) atoms. The average Bonchev–Trinajstić information content (AvgIpc) is 2.80. The number of hydrogen-bond donors (Lipinski definition) is 1. The summed E-state index contributed by atoms with van der Waals surface area (Å²) in [6.07, 6.45) is 2.64. The maximum Gasteiger partial charge on any atom is 0.241 e. The number of nitrogens with zero attached hydrogens (tertiary/aromatic N) is 1. The summed E-state index contributed by atoms with van der Waals surface area (Å²) < 4.78 is 0. The predicted molar refractivity (Wildman–Crippen MR) is 51.1 cm³/mol. The number of amides is 1. The fraction of sp³-hybridized carbons (Fsp3) is 0.900. The summed E-state index contributed by atoms with van der Waals surface area (Å²) in [5, 5.41) is 3.35. The van der Waals surface area contributed by atoms with Gasteiger partial charge in [0.1, 0.15) is 0 Å². The number of hydrogen-bond acceptors (Lipinski definition) is 2. The van der Waals surface area contributed by atoms with Crippen molar-refractivity contribution >= 4 is 5.91 Å². The molecule has 0 aromatic heterocycles. The van der Waals surface area contributed by atoms with Crippen molar-refractivity contribution in [1.82, 2.24) is 10.2 Å². The molecule has 0 aromatic rings. The van der Waals surface area contributed by atoms with E-state index >= 15 is 0 Å². The molecule has 74 valence electrons. The SMILES string of the molecule is CC(C)C1NC(C)N(C2CC2)C1=O. The van der Waals surface area contributed by atoms with Gasteiger partial charge >= 0.3 is 0 Å². The molecule has 3 heteroatoms. The van der Waals surface area contributed by atoms with E-state index in [1.54, 1.807) is 0 Å². The van der Waals surface area contributed by atoms with Crippen LogP contribution in [0.2, 0.25) is 0 Å². The van der Waals surface area contributed by atoms with E-state index in [0.29, 0.717) is 17.9 Å². The highest BCUT2D eigenvalue weighted by molar-refractivity contribution is 5.85. The van der Waals surface area contributed by atoms with Crippen LogP contribution >= 0.6 is 0 Å². The smallest absolute Gasteiger partial charge is 0.241 e. The Morgan fingerprint density at radius 3 is 2.46 bits per heavy atom. The van der Waals surface area contributed by atoms with Gasteiger partial charge in [-0.15, -0.1) is 0 Å². The Labute approximate surface area is 79.5 Å². The normalized spacial score (nSPS) is 34.8. The van der Waals surface area contributed by atoms with Crippen LogP contribution in [0.5, 0.6) is 0 Å². The van der Waals surface area contributed by atoms with Crippen LogP contribution in [0, 0.1) is 5.92 Å². The molecule has 0 aromatic carbocycles. The third kappa shape index (κ3) is 1.46. The van der Waals surface area contributed by atoms with E-state index < -0.39 is 0 Å². The van der Waals surface area contributed by atoms with Gasteiger partial charge in [-0.05, 0) is 25.7 Å². The van der Waals surface area contributed by atoms with Gasteiger partial charge in [0.25, 0.3) is 0 Å². The first-order valence-electron chi connectivity index (χ1n) is 5.19. The fourth-order valence-corrected chi connectivity index (χ4v) is 2.09. The van der Waals surface area contributed by atoms with Crippen LogP contribution in [0.15, 0.2) is 0 Å². The van der Waals surface area contributed by atoms with Crippen molar-refractivity contribution in [2.24, 2.45) is 5.92 Å². The highest BCUT2D eigenvalue weighted by Crippen LogP contribution is 2.32. The Hall–Kier alpha value is -0.570. The van der Waals surface area contributed by atoms with Crippen LogP contribution in [0.1, 0.15) is 33.6 Å². The van der Waals surface area contributed by atoms with Crippen LogP contribution in [0.25, 0.3) is 0 Å². The molecule has 1 amide bonds. The molecule has 0 radical (unpaired) electrons. The topological polar surface area (TPSA) is 32.3 Å². The second-order valence-corrected chi connectivity index (χ2v) is 4.54. The second-order valence-electron chi connectivity index (χ2n) is 4.54. The Morgan fingerprint density at radius 1 is 1.46 bits per heavy atom. The van der Waals surface area contributed by atoms with Crippen molar-refractivity contribution in [1.29, 1.82) is 0 Å². The van der Waals surface area contributed by atoms with Gasteiger partial charge in [-0.1, -0.05) is 13.8 Å². The first-order valence-corrected chi connectivity index (χ1v) is 5.19. The van der Waals surface area contributed by atoms with E-state index in [9.17, 15) is 4.79 Å². The Morgan fingerprint density at radius 2 is 2.08 bits per heavy atom. The van der Waals surface area contributed by atoms with E-state index in [2.05, 4.69) is 26.1 Å². The molecule has 2 atom stereocenters. The third-order valence-corrected chi connectivity index (χ3v) is 2.97. The Bertz CT molecular complexity index is 223. The van der Waals surface area contributed by atoms with Gasteiger partial charge in [0.2, 0.25) is 5.91 Å². The van der Waals surface area contributed by atoms with Crippen molar-refractivity contribution in [2.75, 3.05) is 0 Å². The lowest BCUT2D eigenvalue weighted by Gasteiger charge is -2.19. The van der Waals surface area contributed by atoms with Gasteiger partial charge in [-0.3, -0.25) is 10.1 Å². The zero-order valence-corrected chi connectivity index (χ0v) is 8.58. The van der Waals surface area contributed by atoms with Crippen LogP contribution in [-0.4, -0.2) is 29.1 Å². The molecule has 1 saturated carbocycles. The molecule has 1 aliphatic heterocycles. The highest BCUT2D eigenvalue weighted by Gasteiger charge is 2.44. The summed E-state index contributed by atoms with van der Waals surface area (Å²) in [5.74, 6) is 0.712. The molecule has 2 rings (SSSR count). The quantitative estimate of drug-likeness (QED) is 0.689. The lowest BCUT2D eigenvalue weighted by Crippen LogP contribution is -2.36. The van der Waals surface area contributed by atoms with E-state index in [-0.39, 0.29) is 12.2 Å². The van der Waals surface area contributed by atoms with Crippen molar-refractivity contribution in [3.05, 3.63) is 0 Å². The van der Waals surface area contributed by atoms with Gasteiger partial charge in [-0.25, -0.2) is 0 Å². The molecule has 3 nitrogen and oxygen atoms in total.